The van der Waals surface area contributed by atoms with Gasteiger partial charge < -0.3 is 10.1 Å². The number of hydrogen-bond acceptors (Lipinski definition) is 3. The van der Waals surface area contributed by atoms with Crippen LogP contribution in [0, 0.1) is 5.92 Å². The van der Waals surface area contributed by atoms with Crippen molar-refractivity contribution in [1.82, 2.24) is 10.3 Å². The lowest BCUT2D eigenvalue weighted by molar-refractivity contribution is 0.217. The molecule has 1 aliphatic carbocycles. The van der Waals surface area contributed by atoms with Crippen LogP contribution in [-0.4, -0.2) is 18.1 Å². The molecule has 0 saturated heterocycles. The third-order valence-corrected chi connectivity index (χ3v) is 4.03. The maximum absolute atomic E-state index is 5.86. The Kier molecular flexibility index (Phi) is 6.31. The second-order valence-corrected chi connectivity index (χ2v) is 5.77. The first-order valence-corrected chi connectivity index (χ1v) is 8.15. The Bertz CT molecular complexity index is 402. The molecule has 1 aromatic rings. The Hall–Kier alpha value is -1.09. The molecule has 0 radical (unpaired) electrons. The van der Waals surface area contributed by atoms with Gasteiger partial charge in [0.1, 0.15) is 0 Å². The molecule has 0 spiro atoms. The molecule has 0 aliphatic heterocycles. The van der Waals surface area contributed by atoms with Gasteiger partial charge in [-0.15, -0.1) is 0 Å². The zero-order valence-electron chi connectivity index (χ0n) is 13.0. The van der Waals surface area contributed by atoms with Crippen LogP contribution >= 0.6 is 0 Å². The average molecular weight is 276 g/mol. The molecule has 0 amide bonds. The molecule has 112 valence electrons. The molecule has 1 saturated carbocycles. The molecular weight excluding hydrogens is 248 g/mol. The van der Waals surface area contributed by atoms with Crippen molar-refractivity contribution in [3.05, 3.63) is 23.4 Å². The zero-order valence-corrected chi connectivity index (χ0v) is 13.0. The van der Waals surface area contributed by atoms with E-state index in [2.05, 4.69) is 36.3 Å². The lowest BCUT2D eigenvalue weighted by Gasteiger charge is -2.24. The third kappa shape index (κ3) is 4.78. The summed E-state index contributed by atoms with van der Waals surface area (Å²) in [6, 6.07) is 4.27. The second kappa shape index (κ2) is 8.25. The van der Waals surface area contributed by atoms with Crippen LogP contribution in [0.4, 0.5) is 0 Å². The summed E-state index contributed by atoms with van der Waals surface area (Å²) in [4.78, 5) is 4.57. The monoisotopic (exact) mass is 276 g/mol. The molecule has 0 bridgehead atoms. The minimum atomic E-state index is 0.803. The van der Waals surface area contributed by atoms with Crippen LogP contribution in [0.2, 0.25) is 0 Å². The fraction of sp³-hybridized carbons (Fsp3) is 0.706. The first-order chi connectivity index (χ1) is 9.81. The minimum absolute atomic E-state index is 0.803. The van der Waals surface area contributed by atoms with Crippen LogP contribution in [0.3, 0.4) is 0 Å². The van der Waals surface area contributed by atoms with Crippen LogP contribution < -0.4 is 10.1 Å². The van der Waals surface area contributed by atoms with Crippen molar-refractivity contribution in [2.24, 2.45) is 5.92 Å². The first-order valence-electron chi connectivity index (χ1n) is 8.15. The standard InChI is InChI=1S/C17H28N2O/c1-3-9-18-13-15-11-16(4-2)19-17(12-15)20-10-8-14-6-5-7-14/h11-12,14,18H,3-10,13H2,1-2H3. The summed E-state index contributed by atoms with van der Waals surface area (Å²) in [5.74, 6) is 1.70. The predicted molar refractivity (Wildman–Crippen MR) is 83.1 cm³/mol. The fourth-order valence-corrected chi connectivity index (χ4v) is 2.50. The van der Waals surface area contributed by atoms with Gasteiger partial charge in [-0.2, -0.15) is 0 Å². The number of pyridine rings is 1. The van der Waals surface area contributed by atoms with Crippen molar-refractivity contribution in [3.8, 4) is 5.88 Å². The van der Waals surface area contributed by atoms with Crippen molar-refractivity contribution in [1.29, 1.82) is 0 Å². The van der Waals surface area contributed by atoms with E-state index in [1.54, 1.807) is 0 Å². The predicted octanol–water partition coefficient (Wildman–Crippen LogP) is 3.71. The second-order valence-electron chi connectivity index (χ2n) is 5.77. The highest BCUT2D eigenvalue weighted by Gasteiger charge is 2.17. The lowest BCUT2D eigenvalue weighted by Crippen LogP contribution is -2.16. The van der Waals surface area contributed by atoms with Crippen LogP contribution in [-0.2, 0) is 13.0 Å². The number of nitrogens with one attached hydrogen (secondary N) is 1. The van der Waals surface area contributed by atoms with E-state index in [0.717, 1.165) is 50.0 Å². The highest BCUT2D eigenvalue weighted by molar-refractivity contribution is 5.25. The van der Waals surface area contributed by atoms with E-state index in [1.165, 1.54) is 31.2 Å². The van der Waals surface area contributed by atoms with Gasteiger partial charge in [-0.25, -0.2) is 4.98 Å². The zero-order chi connectivity index (χ0) is 14.2. The number of hydrogen-bond donors (Lipinski definition) is 1. The number of rotatable bonds is 9. The highest BCUT2D eigenvalue weighted by atomic mass is 16.5. The van der Waals surface area contributed by atoms with E-state index in [1.807, 2.05) is 0 Å². The van der Waals surface area contributed by atoms with E-state index < -0.39 is 0 Å². The molecule has 1 aliphatic rings. The van der Waals surface area contributed by atoms with Gasteiger partial charge >= 0.3 is 0 Å². The molecule has 3 nitrogen and oxygen atoms in total. The Labute approximate surface area is 123 Å². The SMILES string of the molecule is CCCNCc1cc(CC)nc(OCCC2CCC2)c1. The van der Waals surface area contributed by atoms with Crippen molar-refractivity contribution in [2.45, 2.75) is 58.9 Å². The number of ether oxygens (including phenoxy) is 1. The summed E-state index contributed by atoms with van der Waals surface area (Å²) in [7, 11) is 0. The third-order valence-electron chi connectivity index (χ3n) is 4.03. The fourth-order valence-electron chi connectivity index (χ4n) is 2.50. The van der Waals surface area contributed by atoms with Crippen LogP contribution in [0.5, 0.6) is 5.88 Å². The molecule has 1 fully saturated rings. The minimum Gasteiger partial charge on any atom is -0.478 e. The highest BCUT2D eigenvalue weighted by Crippen LogP contribution is 2.29. The summed E-state index contributed by atoms with van der Waals surface area (Å²) in [5, 5.41) is 3.44. The Morgan fingerprint density at radius 1 is 1.30 bits per heavy atom. The smallest absolute Gasteiger partial charge is 0.213 e. The molecule has 2 rings (SSSR count). The van der Waals surface area contributed by atoms with Crippen molar-refractivity contribution in [2.75, 3.05) is 13.2 Å². The van der Waals surface area contributed by atoms with Gasteiger partial charge in [-0.1, -0.05) is 33.1 Å². The van der Waals surface area contributed by atoms with E-state index in [-0.39, 0.29) is 0 Å². The summed E-state index contributed by atoms with van der Waals surface area (Å²) in [6.45, 7) is 7.10. The van der Waals surface area contributed by atoms with Crippen molar-refractivity contribution in [3.63, 3.8) is 0 Å². The van der Waals surface area contributed by atoms with Crippen molar-refractivity contribution >= 4 is 0 Å². The molecular formula is C17H28N2O. The number of aromatic nitrogens is 1. The van der Waals surface area contributed by atoms with E-state index >= 15 is 0 Å². The Morgan fingerprint density at radius 2 is 2.15 bits per heavy atom. The molecule has 20 heavy (non-hydrogen) atoms. The number of nitrogens with zero attached hydrogens (tertiary/aromatic N) is 1. The maximum Gasteiger partial charge on any atom is 0.213 e. The summed E-state index contributed by atoms with van der Waals surface area (Å²) in [6.07, 6.45) is 7.48. The van der Waals surface area contributed by atoms with Gasteiger partial charge in [-0.05, 0) is 43.4 Å². The van der Waals surface area contributed by atoms with Crippen LogP contribution in [0.25, 0.3) is 0 Å². The summed E-state index contributed by atoms with van der Waals surface area (Å²) >= 11 is 0. The van der Waals surface area contributed by atoms with Crippen molar-refractivity contribution < 1.29 is 4.74 Å². The Morgan fingerprint density at radius 3 is 2.80 bits per heavy atom. The lowest BCUT2D eigenvalue weighted by atomic mass is 9.83. The van der Waals surface area contributed by atoms with Gasteiger partial charge in [0.05, 0.1) is 6.61 Å². The van der Waals surface area contributed by atoms with Gasteiger partial charge in [-0.3, -0.25) is 0 Å². The topological polar surface area (TPSA) is 34.2 Å². The van der Waals surface area contributed by atoms with Crippen LogP contribution in [0.15, 0.2) is 12.1 Å². The van der Waals surface area contributed by atoms with E-state index in [0.29, 0.717) is 0 Å². The van der Waals surface area contributed by atoms with E-state index in [9.17, 15) is 0 Å². The van der Waals surface area contributed by atoms with Crippen LogP contribution in [0.1, 0.15) is 57.2 Å². The molecule has 0 atom stereocenters. The molecule has 1 aromatic heterocycles. The average Bonchev–Trinajstić information content (AvgIpc) is 2.41. The van der Waals surface area contributed by atoms with Gasteiger partial charge in [0, 0.05) is 18.3 Å². The number of aryl methyl sites for hydroxylation is 1. The first kappa shape index (κ1) is 15.3. The van der Waals surface area contributed by atoms with E-state index in [4.69, 9.17) is 4.74 Å². The largest absolute Gasteiger partial charge is 0.478 e. The van der Waals surface area contributed by atoms with Gasteiger partial charge in [0.15, 0.2) is 0 Å². The molecule has 0 aromatic carbocycles. The normalized spacial score (nSPS) is 15.1. The van der Waals surface area contributed by atoms with Gasteiger partial charge in [0.2, 0.25) is 5.88 Å². The molecule has 3 heteroatoms. The van der Waals surface area contributed by atoms with Gasteiger partial charge in [0.25, 0.3) is 0 Å². The molecule has 1 N–H and O–H groups in total. The maximum atomic E-state index is 5.86. The summed E-state index contributed by atoms with van der Waals surface area (Å²) < 4.78 is 5.86. The Balaban J connectivity index is 1.86. The molecule has 0 unspecified atom stereocenters. The molecule has 1 heterocycles. The quantitative estimate of drug-likeness (QED) is 0.698. The summed E-state index contributed by atoms with van der Waals surface area (Å²) in [5.41, 5.74) is 2.41.